The van der Waals surface area contributed by atoms with Crippen LogP contribution in [0.25, 0.3) is 11.1 Å². The summed E-state index contributed by atoms with van der Waals surface area (Å²) in [5.74, 6) is -0.287. The van der Waals surface area contributed by atoms with E-state index in [-0.39, 0.29) is 24.1 Å². The molecule has 0 bridgehead atoms. The number of benzene rings is 3. The monoisotopic (exact) mass is 467 g/mol. The lowest BCUT2D eigenvalue weighted by molar-refractivity contribution is 0.0945. The first-order valence-corrected chi connectivity index (χ1v) is 11.5. The minimum absolute atomic E-state index is 0.0143. The van der Waals surface area contributed by atoms with Crippen LogP contribution in [0.3, 0.4) is 0 Å². The van der Waals surface area contributed by atoms with Crippen LogP contribution in [-0.4, -0.2) is 40.1 Å². The number of alkyl carbamates (subject to hydrolysis) is 1. The van der Waals surface area contributed by atoms with Gasteiger partial charge in [0.25, 0.3) is 5.91 Å². The standard InChI is InChI=1S/C27H25N5O3/c33-26(29-16-19-8-2-1-3-9-19)25-17-32(31-30-25)15-14-28-27(34)35-18-24-22-12-6-4-10-20(22)21-11-5-7-13-23(21)24/h1-13,17,24H,14-16,18H2,(H,28,34)(H,29,33). The maximum absolute atomic E-state index is 12.3. The Balaban J connectivity index is 1.08. The summed E-state index contributed by atoms with van der Waals surface area (Å²) >= 11 is 0. The zero-order valence-corrected chi connectivity index (χ0v) is 19.1. The fourth-order valence-corrected chi connectivity index (χ4v) is 4.30. The van der Waals surface area contributed by atoms with Crippen LogP contribution < -0.4 is 10.6 Å². The van der Waals surface area contributed by atoms with E-state index in [0.29, 0.717) is 19.6 Å². The molecule has 1 aliphatic carbocycles. The number of ether oxygens (including phenoxy) is 1. The van der Waals surface area contributed by atoms with Gasteiger partial charge in [-0.2, -0.15) is 0 Å². The van der Waals surface area contributed by atoms with Crippen LogP contribution in [0, 0.1) is 0 Å². The van der Waals surface area contributed by atoms with E-state index in [2.05, 4.69) is 45.2 Å². The average molecular weight is 468 g/mol. The van der Waals surface area contributed by atoms with Crippen molar-refractivity contribution in [1.82, 2.24) is 25.6 Å². The SMILES string of the molecule is O=C(NCCn1cc(C(=O)NCc2ccccc2)nn1)OCC1c2ccccc2-c2ccccc21. The van der Waals surface area contributed by atoms with Gasteiger partial charge in [0, 0.05) is 19.0 Å². The molecule has 2 amide bonds. The third-order valence-electron chi connectivity index (χ3n) is 6.02. The number of carbonyl (C=O) groups is 2. The van der Waals surface area contributed by atoms with Gasteiger partial charge in [-0.1, -0.05) is 84.1 Å². The Hall–Kier alpha value is -4.46. The number of amides is 2. The van der Waals surface area contributed by atoms with Crippen LogP contribution in [-0.2, 0) is 17.8 Å². The summed E-state index contributed by atoms with van der Waals surface area (Å²) in [6, 6.07) is 26.1. The smallest absolute Gasteiger partial charge is 0.407 e. The summed E-state index contributed by atoms with van der Waals surface area (Å²) < 4.78 is 7.05. The fourth-order valence-electron chi connectivity index (χ4n) is 4.30. The molecule has 35 heavy (non-hydrogen) atoms. The van der Waals surface area contributed by atoms with Crippen molar-refractivity contribution in [3.05, 3.63) is 107 Å². The normalized spacial score (nSPS) is 12.0. The number of hydrogen-bond acceptors (Lipinski definition) is 5. The number of hydrogen-bond donors (Lipinski definition) is 2. The van der Waals surface area contributed by atoms with Gasteiger partial charge in [-0.05, 0) is 27.8 Å². The lowest BCUT2D eigenvalue weighted by Crippen LogP contribution is -2.29. The highest BCUT2D eigenvalue weighted by Gasteiger charge is 2.28. The zero-order chi connectivity index (χ0) is 24.0. The highest BCUT2D eigenvalue weighted by atomic mass is 16.5. The van der Waals surface area contributed by atoms with Crippen LogP contribution in [0.4, 0.5) is 4.79 Å². The molecule has 2 N–H and O–H groups in total. The summed E-state index contributed by atoms with van der Waals surface area (Å²) in [5.41, 5.74) is 5.94. The quantitative estimate of drug-likeness (QED) is 0.411. The summed E-state index contributed by atoms with van der Waals surface area (Å²) in [7, 11) is 0. The van der Waals surface area contributed by atoms with Crippen LogP contribution >= 0.6 is 0 Å². The second-order valence-corrected chi connectivity index (χ2v) is 8.29. The molecule has 1 heterocycles. The Bertz CT molecular complexity index is 1290. The predicted molar refractivity (Wildman–Crippen MR) is 131 cm³/mol. The van der Waals surface area contributed by atoms with Gasteiger partial charge in [0.1, 0.15) is 6.61 Å². The molecule has 0 saturated carbocycles. The molecule has 1 aromatic heterocycles. The van der Waals surface area contributed by atoms with Crippen molar-refractivity contribution >= 4 is 12.0 Å². The summed E-state index contributed by atoms with van der Waals surface area (Å²) in [4.78, 5) is 24.6. The number of rotatable bonds is 8. The number of nitrogens with zero attached hydrogens (tertiary/aromatic N) is 3. The summed E-state index contributed by atoms with van der Waals surface area (Å²) in [6.45, 7) is 1.33. The minimum Gasteiger partial charge on any atom is -0.449 e. The van der Waals surface area contributed by atoms with Crippen LogP contribution in [0.2, 0.25) is 0 Å². The Kier molecular flexibility index (Phi) is 6.52. The topological polar surface area (TPSA) is 98.1 Å². The van der Waals surface area contributed by atoms with Crippen molar-refractivity contribution in [2.75, 3.05) is 13.2 Å². The van der Waals surface area contributed by atoms with Crippen molar-refractivity contribution in [2.45, 2.75) is 19.0 Å². The zero-order valence-electron chi connectivity index (χ0n) is 19.1. The van der Waals surface area contributed by atoms with Gasteiger partial charge in [0.2, 0.25) is 0 Å². The Morgan fingerprint density at radius 2 is 1.51 bits per heavy atom. The average Bonchev–Trinajstić information content (AvgIpc) is 3.50. The molecule has 8 heteroatoms. The maximum atomic E-state index is 12.3. The first-order chi connectivity index (χ1) is 17.2. The number of nitrogens with one attached hydrogen (secondary N) is 2. The Labute approximate surface area is 202 Å². The molecule has 3 aromatic carbocycles. The maximum Gasteiger partial charge on any atom is 0.407 e. The molecule has 0 fully saturated rings. The first-order valence-electron chi connectivity index (χ1n) is 11.5. The second-order valence-electron chi connectivity index (χ2n) is 8.29. The second kappa shape index (κ2) is 10.2. The largest absolute Gasteiger partial charge is 0.449 e. The van der Waals surface area contributed by atoms with Crippen molar-refractivity contribution in [2.24, 2.45) is 0 Å². The molecule has 1 aliphatic rings. The third-order valence-corrected chi connectivity index (χ3v) is 6.02. The Morgan fingerprint density at radius 3 is 2.23 bits per heavy atom. The fraction of sp³-hybridized carbons (Fsp3) is 0.185. The van der Waals surface area contributed by atoms with Crippen molar-refractivity contribution in [3.8, 4) is 11.1 Å². The Morgan fingerprint density at radius 1 is 0.857 bits per heavy atom. The molecular formula is C27H25N5O3. The number of carbonyl (C=O) groups excluding carboxylic acids is 2. The van der Waals surface area contributed by atoms with Gasteiger partial charge in [-0.25, -0.2) is 9.48 Å². The van der Waals surface area contributed by atoms with E-state index in [1.807, 2.05) is 54.6 Å². The van der Waals surface area contributed by atoms with E-state index in [4.69, 9.17) is 4.74 Å². The van der Waals surface area contributed by atoms with E-state index in [9.17, 15) is 9.59 Å². The summed E-state index contributed by atoms with van der Waals surface area (Å²) in [6.07, 6.45) is 1.06. The van der Waals surface area contributed by atoms with E-state index < -0.39 is 6.09 Å². The molecule has 0 saturated heterocycles. The predicted octanol–water partition coefficient (Wildman–Crippen LogP) is 3.75. The van der Waals surface area contributed by atoms with Crippen LogP contribution in [0.5, 0.6) is 0 Å². The van der Waals surface area contributed by atoms with Gasteiger partial charge < -0.3 is 15.4 Å². The molecule has 8 nitrogen and oxygen atoms in total. The van der Waals surface area contributed by atoms with Crippen LogP contribution in [0.1, 0.15) is 33.1 Å². The van der Waals surface area contributed by atoms with E-state index in [1.54, 1.807) is 6.20 Å². The minimum atomic E-state index is -0.493. The molecule has 0 radical (unpaired) electrons. The van der Waals surface area contributed by atoms with Crippen LogP contribution in [0.15, 0.2) is 85.1 Å². The van der Waals surface area contributed by atoms with Crippen molar-refractivity contribution in [1.29, 1.82) is 0 Å². The van der Waals surface area contributed by atoms with E-state index in [1.165, 1.54) is 26.9 Å². The van der Waals surface area contributed by atoms with Gasteiger partial charge in [-0.15, -0.1) is 5.10 Å². The van der Waals surface area contributed by atoms with Gasteiger partial charge in [0.15, 0.2) is 5.69 Å². The highest BCUT2D eigenvalue weighted by molar-refractivity contribution is 5.91. The molecule has 5 rings (SSSR count). The molecule has 0 unspecified atom stereocenters. The molecule has 0 atom stereocenters. The molecule has 0 aliphatic heterocycles. The van der Waals surface area contributed by atoms with E-state index >= 15 is 0 Å². The van der Waals surface area contributed by atoms with Crippen molar-refractivity contribution in [3.63, 3.8) is 0 Å². The number of fused-ring (bicyclic) bond motifs is 3. The molecule has 0 spiro atoms. The lowest BCUT2D eigenvalue weighted by Gasteiger charge is -2.14. The molecular weight excluding hydrogens is 442 g/mol. The molecule has 176 valence electrons. The van der Waals surface area contributed by atoms with Gasteiger partial charge >= 0.3 is 6.09 Å². The van der Waals surface area contributed by atoms with E-state index in [0.717, 1.165) is 5.56 Å². The highest BCUT2D eigenvalue weighted by Crippen LogP contribution is 2.44. The first kappa shape index (κ1) is 22.3. The van der Waals surface area contributed by atoms with Crippen molar-refractivity contribution < 1.29 is 14.3 Å². The van der Waals surface area contributed by atoms with Gasteiger partial charge in [-0.3, -0.25) is 4.79 Å². The lowest BCUT2D eigenvalue weighted by atomic mass is 9.98. The molecule has 4 aromatic rings. The number of aromatic nitrogens is 3. The summed E-state index contributed by atoms with van der Waals surface area (Å²) in [5, 5.41) is 13.4. The van der Waals surface area contributed by atoms with Gasteiger partial charge in [0.05, 0.1) is 12.7 Å². The third kappa shape index (κ3) is 5.06.